The molecule has 1 N–H and O–H groups in total. The van der Waals surface area contributed by atoms with Crippen molar-refractivity contribution in [2.75, 3.05) is 0 Å². The lowest BCUT2D eigenvalue weighted by Gasteiger charge is -2.12. The van der Waals surface area contributed by atoms with Crippen LogP contribution in [-0.2, 0) is 16.0 Å². The SMILES string of the molecule is Cc1[nH]c2ccccc2c1C(=O)[C@H](C)OC(=O)Cc1ccccc1. The number of aryl methyl sites for hydroxylation is 1. The van der Waals surface area contributed by atoms with Crippen molar-refractivity contribution in [3.8, 4) is 0 Å². The van der Waals surface area contributed by atoms with Crippen LogP contribution in [0.15, 0.2) is 54.6 Å². The van der Waals surface area contributed by atoms with Crippen molar-refractivity contribution < 1.29 is 14.3 Å². The number of esters is 1. The van der Waals surface area contributed by atoms with Crippen LogP contribution in [0.4, 0.5) is 0 Å². The molecular weight excluding hydrogens is 302 g/mol. The van der Waals surface area contributed by atoms with Gasteiger partial charge in [-0.3, -0.25) is 9.59 Å². The topological polar surface area (TPSA) is 59.2 Å². The van der Waals surface area contributed by atoms with Gasteiger partial charge >= 0.3 is 5.97 Å². The second kappa shape index (κ2) is 6.71. The van der Waals surface area contributed by atoms with Gasteiger partial charge < -0.3 is 9.72 Å². The summed E-state index contributed by atoms with van der Waals surface area (Å²) in [6.45, 7) is 3.47. The molecule has 0 saturated carbocycles. The standard InChI is InChI=1S/C20H19NO3/c1-13-19(16-10-6-7-11-17(16)21-13)20(23)14(2)24-18(22)12-15-8-4-3-5-9-15/h3-11,14,21H,12H2,1-2H3/t14-/m0/s1. The van der Waals surface area contributed by atoms with E-state index in [-0.39, 0.29) is 12.2 Å². The van der Waals surface area contributed by atoms with E-state index in [2.05, 4.69) is 4.98 Å². The first-order valence-corrected chi connectivity index (χ1v) is 7.91. The molecule has 0 amide bonds. The largest absolute Gasteiger partial charge is 0.454 e. The molecule has 0 fully saturated rings. The number of H-pyrrole nitrogens is 1. The molecule has 3 aromatic rings. The van der Waals surface area contributed by atoms with Gasteiger partial charge in [0.05, 0.1) is 6.42 Å². The Kier molecular flexibility index (Phi) is 4.47. The van der Waals surface area contributed by atoms with Crippen molar-refractivity contribution in [1.82, 2.24) is 4.98 Å². The van der Waals surface area contributed by atoms with Crippen molar-refractivity contribution in [1.29, 1.82) is 0 Å². The van der Waals surface area contributed by atoms with Gasteiger partial charge in [0, 0.05) is 22.2 Å². The van der Waals surface area contributed by atoms with Gasteiger partial charge in [-0.25, -0.2) is 0 Å². The molecule has 0 spiro atoms. The number of benzene rings is 2. The van der Waals surface area contributed by atoms with Crippen molar-refractivity contribution in [2.45, 2.75) is 26.4 Å². The minimum Gasteiger partial charge on any atom is -0.454 e. The maximum atomic E-state index is 12.7. The molecule has 122 valence electrons. The Labute approximate surface area is 140 Å². The quantitative estimate of drug-likeness (QED) is 0.574. The van der Waals surface area contributed by atoms with E-state index in [1.54, 1.807) is 6.92 Å². The van der Waals surface area contributed by atoms with Crippen LogP contribution in [0, 0.1) is 6.92 Å². The number of para-hydroxylation sites is 1. The second-order valence-corrected chi connectivity index (χ2v) is 5.83. The monoisotopic (exact) mass is 321 g/mol. The van der Waals surface area contributed by atoms with Gasteiger partial charge in [0.15, 0.2) is 6.10 Å². The molecule has 4 nitrogen and oxygen atoms in total. The average molecular weight is 321 g/mol. The van der Waals surface area contributed by atoms with Crippen LogP contribution in [0.2, 0.25) is 0 Å². The first-order valence-electron chi connectivity index (χ1n) is 7.91. The molecule has 0 unspecified atom stereocenters. The summed E-state index contributed by atoms with van der Waals surface area (Å²) in [5, 5.41) is 0.853. The van der Waals surface area contributed by atoms with E-state index < -0.39 is 12.1 Å². The molecule has 1 heterocycles. The molecule has 0 aliphatic heterocycles. The van der Waals surface area contributed by atoms with E-state index in [9.17, 15) is 9.59 Å². The fourth-order valence-electron chi connectivity index (χ4n) is 2.85. The molecule has 1 atom stereocenters. The molecule has 4 heteroatoms. The summed E-state index contributed by atoms with van der Waals surface area (Å²) in [6, 6.07) is 17.0. The van der Waals surface area contributed by atoms with Crippen molar-refractivity contribution in [2.24, 2.45) is 0 Å². The summed E-state index contributed by atoms with van der Waals surface area (Å²) in [6.07, 6.45) is -0.662. The fourth-order valence-corrected chi connectivity index (χ4v) is 2.85. The van der Waals surface area contributed by atoms with Gasteiger partial charge in [0.2, 0.25) is 5.78 Å². The molecule has 0 aliphatic carbocycles. The van der Waals surface area contributed by atoms with Gasteiger partial charge in [-0.15, -0.1) is 0 Å². The highest BCUT2D eigenvalue weighted by Gasteiger charge is 2.24. The fraction of sp³-hybridized carbons (Fsp3) is 0.200. The lowest BCUT2D eigenvalue weighted by Crippen LogP contribution is -2.25. The zero-order valence-corrected chi connectivity index (χ0v) is 13.7. The first kappa shape index (κ1) is 16.0. The molecule has 2 aromatic carbocycles. The van der Waals surface area contributed by atoms with Crippen LogP contribution in [-0.4, -0.2) is 22.8 Å². The third kappa shape index (κ3) is 3.23. The van der Waals surface area contributed by atoms with E-state index in [0.717, 1.165) is 22.2 Å². The number of carbonyl (C=O) groups is 2. The Morgan fingerprint density at radius 2 is 1.71 bits per heavy atom. The van der Waals surface area contributed by atoms with Gasteiger partial charge in [0.25, 0.3) is 0 Å². The van der Waals surface area contributed by atoms with Crippen molar-refractivity contribution in [3.63, 3.8) is 0 Å². The molecule has 24 heavy (non-hydrogen) atoms. The third-order valence-electron chi connectivity index (χ3n) is 4.01. The first-order chi connectivity index (χ1) is 11.6. The number of carbonyl (C=O) groups excluding carboxylic acids is 2. The summed E-state index contributed by atoms with van der Waals surface area (Å²) in [5.74, 6) is -0.592. The number of rotatable bonds is 5. The summed E-state index contributed by atoms with van der Waals surface area (Å²) < 4.78 is 5.34. The Morgan fingerprint density at radius 3 is 2.46 bits per heavy atom. The van der Waals surface area contributed by atoms with E-state index in [1.807, 2.05) is 61.5 Å². The predicted molar refractivity (Wildman–Crippen MR) is 93.1 cm³/mol. The number of ketones is 1. The van der Waals surface area contributed by atoms with Gasteiger partial charge in [-0.2, -0.15) is 0 Å². The van der Waals surface area contributed by atoms with Crippen LogP contribution < -0.4 is 0 Å². The van der Waals surface area contributed by atoms with Gasteiger partial charge in [-0.1, -0.05) is 48.5 Å². The molecule has 3 rings (SSSR count). The zero-order chi connectivity index (χ0) is 17.1. The third-order valence-corrected chi connectivity index (χ3v) is 4.01. The minimum atomic E-state index is -0.820. The maximum absolute atomic E-state index is 12.7. The highest BCUT2D eigenvalue weighted by molar-refractivity contribution is 6.11. The number of fused-ring (bicyclic) bond motifs is 1. The lowest BCUT2D eigenvalue weighted by molar-refractivity contribution is -0.145. The summed E-state index contributed by atoms with van der Waals surface area (Å²) in [7, 11) is 0. The van der Waals surface area contributed by atoms with Crippen LogP contribution in [0.1, 0.15) is 28.5 Å². The van der Waals surface area contributed by atoms with Crippen LogP contribution in [0.3, 0.4) is 0 Å². The minimum absolute atomic E-state index is 0.158. The van der Waals surface area contributed by atoms with Gasteiger partial charge in [-0.05, 0) is 25.5 Å². The van der Waals surface area contributed by atoms with Crippen molar-refractivity contribution >= 4 is 22.7 Å². The molecule has 0 radical (unpaired) electrons. The van der Waals surface area contributed by atoms with E-state index in [0.29, 0.717) is 5.56 Å². The molecule has 0 aliphatic rings. The second-order valence-electron chi connectivity index (χ2n) is 5.83. The average Bonchev–Trinajstić information content (AvgIpc) is 2.90. The maximum Gasteiger partial charge on any atom is 0.310 e. The van der Waals surface area contributed by atoms with E-state index >= 15 is 0 Å². The number of nitrogens with one attached hydrogen (secondary N) is 1. The van der Waals surface area contributed by atoms with E-state index in [1.165, 1.54) is 0 Å². The number of hydrogen-bond donors (Lipinski definition) is 1. The number of aromatic amines is 1. The zero-order valence-electron chi connectivity index (χ0n) is 13.7. The van der Waals surface area contributed by atoms with Gasteiger partial charge in [0.1, 0.15) is 0 Å². The highest BCUT2D eigenvalue weighted by Crippen LogP contribution is 2.23. The number of Topliss-reactive ketones (excluding diaryl/α,β-unsaturated/α-hetero) is 1. The van der Waals surface area contributed by atoms with E-state index in [4.69, 9.17) is 4.74 Å². The summed E-state index contributed by atoms with van der Waals surface area (Å²) >= 11 is 0. The van der Waals surface area contributed by atoms with Crippen molar-refractivity contribution in [3.05, 3.63) is 71.4 Å². The Hall–Kier alpha value is -2.88. The van der Waals surface area contributed by atoms with Crippen LogP contribution in [0.25, 0.3) is 10.9 Å². The summed E-state index contributed by atoms with van der Waals surface area (Å²) in [4.78, 5) is 28.0. The molecule has 1 aromatic heterocycles. The van der Waals surface area contributed by atoms with Crippen LogP contribution in [0.5, 0.6) is 0 Å². The highest BCUT2D eigenvalue weighted by atomic mass is 16.5. The van der Waals surface area contributed by atoms with Crippen LogP contribution >= 0.6 is 0 Å². The number of ether oxygens (including phenoxy) is 1. The Bertz CT molecular complexity index is 880. The Morgan fingerprint density at radius 1 is 1.04 bits per heavy atom. The lowest BCUT2D eigenvalue weighted by atomic mass is 10.0. The smallest absolute Gasteiger partial charge is 0.310 e. The summed E-state index contributed by atoms with van der Waals surface area (Å²) in [5.41, 5.74) is 3.14. The Balaban J connectivity index is 1.74. The number of aromatic nitrogens is 1. The predicted octanol–water partition coefficient (Wildman–Crippen LogP) is 3.83. The molecular formula is C20H19NO3. The molecule has 0 saturated heterocycles. The molecule has 0 bridgehead atoms. The number of hydrogen-bond acceptors (Lipinski definition) is 3. The normalized spacial score (nSPS) is 12.1.